The largest absolute Gasteiger partial charge is 0.463 e. The molecular weight excluding hydrogens is 288 g/mol. The average Bonchev–Trinajstić information content (AvgIpc) is 2.74. The molecule has 1 atom stereocenters. The lowest BCUT2D eigenvalue weighted by Gasteiger charge is -2.37. The van der Waals surface area contributed by atoms with Gasteiger partial charge in [0.25, 0.3) is 5.91 Å². The van der Waals surface area contributed by atoms with Gasteiger partial charge in [-0.1, -0.05) is 0 Å². The second kappa shape index (κ2) is 5.38. The Bertz CT molecular complexity index is 629. The van der Waals surface area contributed by atoms with Crippen LogP contribution in [0.2, 0.25) is 0 Å². The third-order valence-corrected chi connectivity index (χ3v) is 3.77. The first-order valence-corrected chi connectivity index (χ1v) is 6.69. The van der Waals surface area contributed by atoms with Crippen LogP contribution in [0.5, 0.6) is 0 Å². The number of rotatable bonds is 4. The van der Waals surface area contributed by atoms with Crippen LogP contribution in [0.15, 0.2) is 29.6 Å². The first-order valence-electron chi connectivity index (χ1n) is 6.69. The van der Waals surface area contributed by atoms with E-state index in [-0.39, 0.29) is 17.4 Å². The molecule has 8 nitrogen and oxygen atoms in total. The van der Waals surface area contributed by atoms with Gasteiger partial charge in [0, 0.05) is 18.0 Å². The highest BCUT2D eigenvalue weighted by Gasteiger charge is 2.49. The monoisotopic (exact) mass is 306 g/mol. The van der Waals surface area contributed by atoms with Gasteiger partial charge in [-0.05, 0) is 39.3 Å². The SMILES string of the molecule is CC1(CC(C)(C)N(O)C(=O)O)C(=O)NN=C1c1cccnc1. The van der Waals surface area contributed by atoms with Crippen LogP contribution in [0, 0.1) is 5.41 Å². The van der Waals surface area contributed by atoms with E-state index < -0.39 is 17.0 Å². The molecule has 1 aliphatic heterocycles. The lowest BCUT2D eigenvalue weighted by Crippen LogP contribution is -2.51. The number of carbonyl (C=O) groups is 2. The fourth-order valence-electron chi connectivity index (χ4n) is 2.71. The van der Waals surface area contributed by atoms with Crippen molar-refractivity contribution in [1.82, 2.24) is 15.5 Å². The number of carboxylic acid groups (broad SMARTS) is 1. The number of nitrogens with zero attached hydrogens (tertiary/aromatic N) is 3. The van der Waals surface area contributed by atoms with Crippen LogP contribution in [0.25, 0.3) is 0 Å². The number of hydrogen-bond acceptors (Lipinski definition) is 5. The maximum absolute atomic E-state index is 12.3. The standard InChI is InChI=1S/C14H18N4O4/c1-13(2,18(22)12(20)21)8-14(3)10(16-17-11(14)19)9-5-4-6-15-7-9/h4-7,22H,8H2,1-3H3,(H,17,19)(H,20,21). The summed E-state index contributed by atoms with van der Waals surface area (Å²) in [7, 11) is 0. The normalized spacial score (nSPS) is 21.3. The Balaban J connectivity index is 2.36. The van der Waals surface area contributed by atoms with Gasteiger partial charge in [0.1, 0.15) is 0 Å². The molecule has 1 unspecified atom stereocenters. The highest BCUT2D eigenvalue weighted by molar-refractivity contribution is 6.19. The van der Waals surface area contributed by atoms with Crippen LogP contribution in [-0.4, -0.2) is 43.6 Å². The second-order valence-corrected chi connectivity index (χ2v) is 6.06. The van der Waals surface area contributed by atoms with Crippen LogP contribution < -0.4 is 5.43 Å². The fraction of sp³-hybridized carbons (Fsp3) is 0.429. The Morgan fingerprint density at radius 1 is 1.50 bits per heavy atom. The van der Waals surface area contributed by atoms with Crippen LogP contribution >= 0.6 is 0 Å². The third kappa shape index (κ3) is 2.64. The molecule has 22 heavy (non-hydrogen) atoms. The quantitative estimate of drug-likeness (QED) is 0.575. The Labute approximate surface area is 127 Å². The number of hydroxylamine groups is 2. The number of aromatic nitrogens is 1. The molecule has 1 aromatic rings. The van der Waals surface area contributed by atoms with Crippen LogP contribution in [0.3, 0.4) is 0 Å². The van der Waals surface area contributed by atoms with E-state index in [9.17, 15) is 14.8 Å². The highest BCUT2D eigenvalue weighted by atomic mass is 16.6. The summed E-state index contributed by atoms with van der Waals surface area (Å²) in [5.74, 6) is -0.349. The van der Waals surface area contributed by atoms with E-state index in [1.54, 1.807) is 45.3 Å². The van der Waals surface area contributed by atoms with Gasteiger partial charge in [0.15, 0.2) is 0 Å². The molecule has 8 heteroatoms. The molecule has 0 saturated carbocycles. The van der Waals surface area contributed by atoms with Gasteiger partial charge < -0.3 is 5.11 Å². The first kappa shape index (κ1) is 15.9. The zero-order chi connectivity index (χ0) is 16.5. The molecule has 0 aromatic carbocycles. The summed E-state index contributed by atoms with van der Waals surface area (Å²) in [6.07, 6.45) is 1.77. The van der Waals surface area contributed by atoms with E-state index in [4.69, 9.17) is 5.11 Å². The van der Waals surface area contributed by atoms with Gasteiger partial charge in [-0.15, -0.1) is 0 Å². The van der Waals surface area contributed by atoms with Crippen molar-refractivity contribution in [1.29, 1.82) is 0 Å². The van der Waals surface area contributed by atoms with Crippen molar-refractivity contribution in [2.45, 2.75) is 32.7 Å². The van der Waals surface area contributed by atoms with E-state index in [2.05, 4.69) is 15.5 Å². The minimum Gasteiger partial charge on any atom is -0.463 e. The number of nitrogens with one attached hydrogen (secondary N) is 1. The fourth-order valence-corrected chi connectivity index (χ4v) is 2.71. The zero-order valence-electron chi connectivity index (χ0n) is 12.6. The van der Waals surface area contributed by atoms with E-state index in [0.29, 0.717) is 11.3 Å². The summed E-state index contributed by atoms with van der Waals surface area (Å²) in [5.41, 5.74) is 1.30. The van der Waals surface area contributed by atoms with Gasteiger partial charge in [0.2, 0.25) is 0 Å². The molecule has 2 heterocycles. The topological polar surface area (TPSA) is 115 Å². The Hall–Kier alpha value is -2.48. The van der Waals surface area contributed by atoms with Crippen molar-refractivity contribution in [2.75, 3.05) is 0 Å². The highest BCUT2D eigenvalue weighted by Crippen LogP contribution is 2.37. The lowest BCUT2D eigenvalue weighted by molar-refractivity contribution is -0.145. The molecule has 0 fully saturated rings. The molecule has 3 N–H and O–H groups in total. The summed E-state index contributed by atoms with van der Waals surface area (Å²) in [4.78, 5) is 27.3. The Morgan fingerprint density at radius 3 is 2.73 bits per heavy atom. The van der Waals surface area contributed by atoms with E-state index in [1.807, 2.05) is 0 Å². The predicted molar refractivity (Wildman–Crippen MR) is 77.4 cm³/mol. The molecular formula is C14H18N4O4. The van der Waals surface area contributed by atoms with E-state index in [1.165, 1.54) is 0 Å². The summed E-state index contributed by atoms with van der Waals surface area (Å²) in [6.45, 7) is 4.75. The van der Waals surface area contributed by atoms with Crippen molar-refractivity contribution >= 4 is 17.7 Å². The number of hydrogen-bond donors (Lipinski definition) is 3. The number of amides is 2. The van der Waals surface area contributed by atoms with E-state index in [0.717, 1.165) is 0 Å². The maximum atomic E-state index is 12.3. The molecule has 0 aliphatic carbocycles. The van der Waals surface area contributed by atoms with Crippen LogP contribution in [0.4, 0.5) is 4.79 Å². The van der Waals surface area contributed by atoms with Gasteiger partial charge in [-0.25, -0.2) is 10.2 Å². The Morgan fingerprint density at radius 2 is 2.18 bits per heavy atom. The summed E-state index contributed by atoms with van der Waals surface area (Å²) >= 11 is 0. The van der Waals surface area contributed by atoms with Crippen LogP contribution in [0.1, 0.15) is 32.8 Å². The molecule has 1 aromatic heterocycles. The summed E-state index contributed by atoms with van der Waals surface area (Å²) in [6, 6.07) is 3.49. The molecule has 118 valence electrons. The third-order valence-electron chi connectivity index (χ3n) is 3.77. The lowest BCUT2D eigenvalue weighted by atomic mass is 9.73. The molecule has 2 rings (SSSR count). The van der Waals surface area contributed by atoms with Gasteiger partial charge >= 0.3 is 6.09 Å². The first-order chi connectivity index (χ1) is 10.2. The zero-order valence-corrected chi connectivity index (χ0v) is 12.6. The maximum Gasteiger partial charge on any atom is 0.431 e. The van der Waals surface area contributed by atoms with Crippen molar-refractivity contribution in [3.63, 3.8) is 0 Å². The van der Waals surface area contributed by atoms with Crippen LogP contribution in [-0.2, 0) is 4.79 Å². The number of pyridine rings is 1. The minimum atomic E-state index is -1.48. The minimum absolute atomic E-state index is 0.0579. The smallest absolute Gasteiger partial charge is 0.431 e. The molecule has 0 spiro atoms. The molecule has 0 saturated heterocycles. The second-order valence-electron chi connectivity index (χ2n) is 6.06. The van der Waals surface area contributed by atoms with Gasteiger partial charge in [-0.2, -0.15) is 10.2 Å². The summed E-state index contributed by atoms with van der Waals surface area (Å²) in [5, 5.41) is 23.0. The number of hydrazone groups is 1. The molecule has 0 bridgehead atoms. The van der Waals surface area contributed by atoms with Gasteiger partial charge in [0.05, 0.1) is 16.7 Å². The van der Waals surface area contributed by atoms with Crippen molar-refractivity contribution in [3.8, 4) is 0 Å². The molecule has 1 aliphatic rings. The van der Waals surface area contributed by atoms with Crippen molar-refractivity contribution in [2.24, 2.45) is 10.5 Å². The molecule has 2 amide bonds. The van der Waals surface area contributed by atoms with E-state index >= 15 is 0 Å². The molecule has 0 radical (unpaired) electrons. The van der Waals surface area contributed by atoms with Gasteiger partial charge in [-0.3, -0.25) is 15.0 Å². The summed E-state index contributed by atoms with van der Waals surface area (Å²) < 4.78 is 0. The van der Waals surface area contributed by atoms with Crippen molar-refractivity contribution < 1.29 is 19.9 Å². The average molecular weight is 306 g/mol. The Kier molecular flexibility index (Phi) is 3.89. The number of carbonyl (C=O) groups excluding carboxylic acids is 1. The van der Waals surface area contributed by atoms with Crippen molar-refractivity contribution in [3.05, 3.63) is 30.1 Å². The predicted octanol–water partition coefficient (Wildman–Crippen LogP) is 1.46.